The molecule has 0 saturated heterocycles. The summed E-state index contributed by atoms with van der Waals surface area (Å²) in [7, 11) is -1.31. The van der Waals surface area contributed by atoms with Gasteiger partial charge in [0.05, 0.1) is 30.8 Å². The zero-order chi connectivity index (χ0) is 28.0. The van der Waals surface area contributed by atoms with Crippen LogP contribution < -0.4 is 19.1 Å². The molecule has 1 N–H and O–H groups in total. The number of nitrogens with zero attached hydrogens (tertiary/aromatic N) is 1. The summed E-state index contributed by atoms with van der Waals surface area (Å²) in [5.41, 5.74) is 3.08. The first-order valence-corrected chi connectivity index (χ1v) is 14.0. The third-order valence-corrected chi connectivity index (χ3v) is 8.30. The normalized spacial score (nSPS) is 11.9. The molecule has 0 aliphatic carbocycles. The average Bonchev–Trinajstić information content (AvgIpc) is 2.95. The maximum absolute atomic E-state index is 13.9. The maximum Gasteiger partial charge on any atom is 0.264 e. The van der Waals surface area contributed by atoms with E-state index < -0.39 is 28.5 Å². The van der Waals surface area contributed by atoms with Crippen LogP contribution in [-0.2, 0) is 14.8 Å². The third-order valence-electron chi connectivity index (χ3n) is 6.28. The summed E-state index contributed by atoms with van der Waals surface area (Å²) >= 11 is 6.07. The van der Waals surface area contributed by atoms with Crippen LogP contribution in [0.15, 0.2) is 102 Å². The van der Waals surface area contributed by atoms with Crippen LogP contribution in [0.5, 0.6) is 11.5 Å². The van der Waals surface area contributed by atoms with Crippen molar-refractivity contribution in [2.45, 2.75) is 17.9 Å². The number of hydrogen-bond acceptors (Lipinski definition) is 5. The van der Waals surface area contributed by atoms with Crippen molar-refractivity contribution in [3.05, 3.63) is 119 Å². The minimum Gasteiger partial charge on any atom is -0.493 e. The van der Waals surface area contributed by atoms with Gasteiger partial charge in [-0.1, -0.05) is 66.2 Å². The Morgan fingerprint density at radius 3 is 2.15 bits per heavy atom. The maximum atomic E-state index is 13.9. The van der Waals surface area contributed by atoms with Crippen LogP contribution in [0.25, 0.3) is 0 Å². The highest BCUT2D eigenvalue weighted by atomic mass is 35.5. The van der Waals surface area contributed by atoms with Gasteiger partial charge >= 0.3 is 0 Å². The molecule has 1 amide bonds. The Kier molecular flexibility index (Phi) is 8.79. The van der Waals surface area contributed by atoms with E-state index in [1.165, 1.54) is 32.4 Å². The van der Waals surface area contributed by atoms with Gasteiger partial charge in [0.1, 0.15) is 6.54 Å². The lowest BCUT2D eigenvalue weighted by molar-refractivity contribution is -0.120. The van der Waals surface area contributed by atoms with Crippen molar-refractivity contribution < 1.29 is 22.7 Å². The number of anilines is 1. The van der Waals surface area contributed by atoms with Gasteiger partial charge in [0.15, 0.2) is 11.5 Å². The van der Waals surface area contributed by atoms with Gasteiger partial charge in [-0.2, -0.15) is 0 Å². The van der Waals surface area contributed by atoms with Gasteiger partial charge in [-0.25, -0.2) is 8.42 Å². The number of rotatable bonds is 10. The van der Waals surface area contributed by atoms with Crippen molar-refractivity contribution >= 4 is 33.2 Å². The van der Waals surface area contributed by atoms with E-state index in [0.29, 0.717) is 10.8 Å². The molecule has 202 valence electrons. The number of hydrogen-bond donors (Lipinski definition) is 1. The van der Waals surface area contributed by atoms with Gasteiger partial charge in [0, 0.05) is 11.1 Å². The fourth-order valence-corrected chi connectivity index (χ4v) is 5.82. The molecule has 9 heteroatoms. The van der Waals surface area contributed by atoms with Crippen molar-refractivity contribution in [3.8, 4) is 11.5 Å². The number of ether oxygens (including phenoxy) is 2. The van der Waals surface area contributed by atoms with E-state index >= 15 is 0 Å². The molecule has 0 aliphatic rings. The molecule has 0 radical (unpaired) electrons. The van der Waals surface area contributed by atoms with E-state index in [9.17, 15) is 13.2 Å². The van der Waals surface area contributed by atoms with Gasteiger partial charge in [-0.05, 0) is 60.0 Å². The van der Waals surface area contributed by atoms with Gasteiger partial charge in [0.2, 0.25) is 5.91 Å². The molecule has 7 nitrogen and oxygen atoms in total. The fourth-order valence-electron chi connectivity index (χ4n) is 4.26. The Labute approximate surface area is 234 Å². The van der Waals surface area contributed by atoms with Gasteiger partial charge < -0.3 is 14.8 Å². The average molecular weight is 565 g/mol. The van der Waals surface area contributed by atoms with Crippen LogP contribution >= 0.6 is 11.6 Å². The monoisotopic (exact) mass is 564 g/mol. The van der Waals surface area contributed by atoms with Crippen LogP contribution in [0.1, 0.15) is 22.7 Å². The van der Waals surface area contributed by atoms with E-state index in [0.717, 1.165) is 21.0 Å². The number of benzene rings is 4. The zero-order valence-electron chi connectivity index (χ0n) is 21.8. The molecule has 0 heterocycles. The lowest BCUT2D eigenvalue weighted by Gasteiger charge is -2.27. The number of methoxy groups -OCH3 is 2. The Balaban J connectivity index is 1.72. The second kappa shape index (κ2) is 12.2. The van der Waals surface area contributed by atoms with E-state index in [1.807, 2.05) is 61.5 Å². The van der Waals surface area contributed by atoms with Crippen LogP contribution in [0, 0.1) is 6.92 Å². The van der Waals surface area contributed by atoms with Gasteiger partial charge in [-0.3, -0.25) is 9.10 Å². The zero-order valence-corrected chi connectivity index (χ0v) is 23.4. The smallest absolute Gasteiger partial charge is 0.264 e. The minimum absolute atomic E-state index is 0.0542. The molecule has 0 spiro atoms. The van der Waals surface area contributed by atoms with Crippen molar-refractivity contribution in [2.24, 2.45) is 0 Å². The second-order valence-electron chi connectivity index (χ2n) is 8.77. The van der Waals surface area contributed by atoms with E-state index in [-0.39, 0.29) is 16.3 Å². The highest BCUT2D eigenvalue weighted by Crippen LogP contribution is 2.33. The first-order chi connectivity index (χ1) is 18.7. The summed E-state index contributed by atoms with van der Waals surface area (Å²) < 4.78 is 39.5. The fraction of sp³-hybridized carbons (Fsp3) is 0.167. The Morgan fingerprint density at radius 1 is 0.872 bits per heavy atom. The number of nitrogens with one attached hydrogen (secondary N) is 1. The second-order valence-corrected chi connectivity index (χ2v) is 11.1. The quantitative estimate of drug-likeness (QED) is 0.264. The number of carbonyl (C=O) groups excluding carboxylic acids is 1. The van der Waals surface area contributed by atoms with Crippen molar-refractivity contribution in [1.29, 1.82) is 0 Å². The summed E-state index contributed by atoms with van der Waals surface area (Å²) in [6, 6.07) is 27.4. The largest absolute Gasteiger partial charge is 0.493 e. The van der Waals surface area contributed by atoms with Crippen LogP contribution in [0.2, 0.25) is 5.02 Å². The lowest BCUT2D eigenvalue weighted by atomic mass is 9.95. The molecule has 0 saturated carbocycles. The topological polar surface area (TPSA) is 84.9 Å². The van der Waals surface area contributed by atoms with Gasteiger partial charge in [0.25, 0.3) is 10.0 Å². The van der Waals surface area contributed by atoms with Crippen LogP contribution in [0.4, 0.5) is 5.69 Å². The molecule has 1 atom stereocenters. The summed E-state index contributed by atoms with van der Waals surface area (Å²) in [5.74, 6) is 0.157. The molecular formula is C30H29ClN2O5S. The standard InChI is InChI=1S/C30H29ClN2O5S/c1-21-9-7-8-12-26(21)30(22-10-5-4-6-11-22)32-29(34)20-33(24-15-13-23(31)14-16-24)39(35,36)25-17-18-27(37-2)28(19-25)38-3/h4-19,30H,20H2,1-3H3,(H,32,34). The SMILES string of the molecule is COc1ccc(S(=O)(=O)N(CC(=O)NC(c2ccccc2)c2ccccc2C)c2ccc(Cl)cc2)cc1OC. The van der Waals surface area contributed by atoms with Crippen molar-refractivity contribution in [1.82, 2.24) is 5.32 Å². The highest BCUT2D eigenvalue weighted by molar-refractivity contribution is 7.92. The van der Waals surface area contributed by atoms with E-state index in [4.69, 9.17) is 21.1 Å². The first-order valence-electron chi connectivity index (χ1n) is 12.1. The molecule has 0 aliphatic heterocycles. The summed E-state index contributed by atoms with van der Waals surface area (Å²) in [6.45, 7) is 1.51. The molecule has 39 heavy (non-hydrogen) atoms. The molecule has 0 bridgehead atoms. The lowest BCUT2D eigenvalue weighted by Crippen LogP contribution is -2.42. The highest BCUT2D eigenvalue weighted by Gasteiger charge is 2.29. The van der Waals surface area contributed by atoms with E-state index in [2.05, 4.69) is 5.32 Å². The molecular weight excluding hydrogens is 536 g/mol. The summed E-state index contributed by atoms with van der Waals surface area (Å²) in [4.78, 5) is 13.5. The predicted octanol–water partition coefficient (Wildman–Crippen LogP) is 5.77. The van der Waals surface area contributed by atoms with Crippen LogP contribution in [0.3, 0.4) is 0 Å². The van der Waals surface area contributed by atoms with E-state index in [1.54, 1.807) is 24.3 Å². The number of carbonyl (C=O) groups is 1. The number of sulfonamides is 1. The Bertz CT molecular complexity index is 1540. The molecule has 1 unspecified atom stereocenters. The van der Waals surface area contributed by atoms with Gasteiger partial charge in [-0.15, -0.1) is 0 Å². The number of amides is 1. The van der Waals surface area contributed by atoms with Crippen LogP contribution in [-0.4, -0.2) is 35.1 Å². The molecule has 4 rings (SSSR count). The summed E-state index contributed by atoms with van der Waals surface area (Å²) in [5, 5.41) is 3.49. The minimum atomic E-state index is -4.20. The molecule has 4 aromatic carbocycles. The van der Waals surface area contributed by atoms with Crippen molar-refractivity contribution in [2.75, 3.05) is 25.1 Å². The number of halogens is 1. The molecule has 0 aromatic heterocycles. The molecule has 4 aromatic rings. The predicted molar refractivity (Wildman–Crippen MR) is 153 cm³/mol. The Morgan fingerprint density at radius 2 is 1.51 bits per heavy atom. The first kappa shape index (κ1) is 28.0. The molecule has 0 fully saturated rings. The van der Waals surface area contributed by atoms with Crippen molar-refractivity contribution in [3.63, 3.8) is 0 Å². The summed E-state index contributed by atoms with van der Waals surface area (Å²) in [6.07, 6.45) is 0. The Hall–Kier alpha value is -4.01. The third kappa shape index (κ3) is 6.35. The number of aryl methyl sites for hydroxylation is 1.